The van der Waals surface area contributed by atoms with Gasteiger partial charge in [-0.05, 0) is 53.8 Å². The van der Waals surface area contributed by atoms with Crippen LogP contribution in [0.2, 0.25) is 0 Å². The average Bonchev–Trinajstić information content (AvgIpc) is 3.41. The molecule has 0 saturated carbocycles. The topological polar surface area (TPSA) is 142 Å². The molecule has 37 heavy (non-hydrogen) atoms. The first-order chi connectivity index (χ1) is 17.8. The molecule has 10 nitrogen and oxygen atoms in total. The number of non-ortho nitro benzene ring substituents is 2. The van der Waals surface area contributed by atoms with Crippen molar-refractivity contribution in [2.45, 2.75) is 18.4 Å². The fourth-order valence-corrected chi connectivity index (χ4v) is 4.92. The van der Waals surface area contributed by atoms with Crippen molar-refractivity contribution in [2.24, 2.45) is 5.92 Å². The molecule has 0 aromatic heterocycles. The largest absolute Gasteiger partial charge is 0.454 e. The zero-order chi connectivity index (χ0) is 26.1. The van der Waals surface area contributed by atoms with Crippen LogP contribution in [-0.4, -0.2) is 28.2 Å². The maximum Gasteiger partial charge on any atom is 0.338 e. The maximum absolute atomic E-state index is 12.7. The predicted molar refractivity (Wildman–Crippen MR) is 134 cm³/mol. The number of nitro benzene ring substituents is 2. The number of Topliss-reactive ketones (excluding diaryl/α,β-unsaturated/α-hetero) is 1. The van der Waals surface area contributed by atoms with Gasteiger partial charge in [0, 0.05) is 41.4 Å². The number of benzene rings is 3. The van der Waals surface area contributed by atoms with E-state index in [2.05, 4.69) is 17.5 Å². The molecule has 3 aromatic carbocycles. The molecule has 5 rings (SSSR count). The lowest BCUT2D eigenvalue weighted by molar-refractivity contribution is -0.385. The second-order valence-electron chi connectivity index (χ2n) is 8.93. The Bertz CT molecular complexity index is 1430. The molecular formula is C27H21N3O7. The summed E-state index contributed by atoms with van der Waals surface area (Å²) in [6.07, 6.45) is 5.02. The van der Waals surface area contributed by atoms with Gasteiger partial charge in [0.1, 0.15) is 0 Å². The lowest BCUT2D eigenvalue weighted by Crippen LogP contribution is -2.29. The first kappa shape index (κ1) is 23.9. The lowest BCUT2D eigenvalue weighted by atomic mass is 9.76. The maximum atomic E-state index is 12.7. The number of nitrogens with one attached hydrogen (secondary N) is 1. The Balaban J connectivity index is 1.30. The Morgan fingerprint density at radius 1 is 0.892 bits per heavy atom. The van der Waals surface area contributed by atoms with Gasteiger partial charge in [0.05, 0.1) is 21.5 Å². The number of ketones is 1. The Labute approximate surface area is 210 Å². The third-order valence-corrected chi connectivity index (χ3v) is 6.80. The van der Waals surface area contributed by atoms with Crippen molar-refractivity contribution in [3.8, 4) is 0 Å². The van der Waals surface area contributed by atoms with Crippen molar-refractivity contribution in [1.29, 1.82) is 0 Å². The first-order valence-electron chi connectivity index (χ1n) is 11.6. The van der Waals surface area contributed by atoms with Crippen LogP contribution in [0.1, 0.15) is 50.2 Å². The quantitative estimate of drug-likeness (QED) is 0.150. The normalized spacial score (nSPS) is 19.3. The van der Waals surface area contributed by atoms with Crippen LogP contribution >= 0.6 is 0 Å². The van der Waals surface area contributed by atoms with Gasteiger partial charge in [0.2, 0.25) is 0 Å². The number of hydrogen-bond acceptors (Lipinski definition) is 8. The fraction of sp³-hybridized carbons (Fsp3) is 0.185. The zero-order valence-corrected chi connectivity index (χ0v) is 19.4. The Hall–Kier alpha value is -4.86. The summed E-state index contributed by atoms with van der Waals surface area (Å²) >= 11 is 0. The number of nitro groups is 2. The van der Waals surface area contributed by atoms with E-state index in [4.69, 9.17) is 4.74 Å². The number of esters is 1. The third-order valence-electron chi connectivity index (χ3n) is 6.80. The molecule has 1 aliphatic carbocycles. The van der Waals surface area contributed by atoms with Crippen LogP contribution in [0, 0.1) is 26.1 Å². The van der Waals surface area contributed by atoms with Crippen LogP contribution in [-0.2, 0) is 4.74 Å². The second-order valence-corrected chi connectivity index (χ2v) is 8.93. The minimum Gasteiger partial charge on any atom is -0.454 e. The van der Waals surface area contributed by atoms with E-state index in [1.165, 1.54) is 36.4 Å². The number of rotatable bonds is 7. The second kappa shape index (κ2) is 9.65. The van der Waals surface area contributed by atoms with Gasteiger partial charge in [-0.1, -0.05) is 24.3 Å². The van der Waals surface area contributed by atoms with Crippen LogP contribution in [0.5, 0.6) is 0 Å². The summed E-state index contributed by atoms with van der Waals surface area (Å²) in [7, 11) is 0. The van der Waals surface area contributed by atoms with Gasteiger partial charge in [-0.25, -0.2) is 4.79 Å². The van der Waals surface area contributed by atoms with Crippen LogP contribution in [0.3, 0.4) is 0 Å². The summed E-state index contributed by atoms with van der Waals surface area (Å²) in [5.74, 6) is -0.892. The van der Waals surface area contributed by atoms with Gasteiger partial charge >= 0.3 is 5.97 Å². The van der Waals surface area contributed by atoms with Gasteiger partial charge in [-0.3, -0.25) is 25.0 Å². The summed E-state index contributed by atoms with van der Waals surface area (Å²) in [5.41, 5.74) is 3.17. The molecule has 186 valence electrons. The van der Waals surface area contributed by atoms with E-state index < -0.39 is 28.2 Å². The minimum atomic E-state index is -0.644. The predicted octanol–water partition coefficient (Wildman–Crippen LogP) is 5.37. The summed E-state index contributed by atoms with van der Waals surface area (Å²) in [5, 5.41) is 25.3. The Morgan fingerprint density at radius 2 is 1.51 bits per heavy atom. The smallest absolute Gasteiger partial charge is 0.338 e. The Morgan fingerprint density at radius 3 is 2.16 bits per heavy atom. The van der Waals surface area contributed by atoms with E-state index in [1.807, 2.05) is 0 Å². The van der Waals surface area contributed by atoms with Gasteiger partial charge in [0.15, 0.2) is 12.4 Å². The molecule has 0 amide bonds. The molecule has 3 atom stereocenters. The highest BCUT2D eigenvalue weighted by molar-refractivity contribution is 5.99. The summed E-state index contributed by atoms with van der Waals surface area (Å²) in [6, 6.07) is 16.8. The molecule has 1 heterocycles. The van der Waals surface area contributed by atoms with Crippen LogP contribution in [0.15, 0.2) is 78.9 Å². The van der Waals surface area contributed by atoms with E-state index in [1.54, 1.807) is 30.3 Å². The number of allylic oxidation sites excluding steroid dienone is 2. The minimum absolute atomic E-state index is 0.0382. The van der Waals surface area contributed by atoms with E-state index in [0.717, 1.165) is 23.2 Å². The highest BCUT2D eigenvalue weighted by Crippen LogP contribution is 2.50. The van der Waals surface area contributed by atoms with Gasteiger partial charge in [-0.2, -0.15) is 0 Å². The molecule has 0 saturated heterocycles. The molecular weight excluding hydrogens is 478 g/mol. The number of carbonyl (C=O) groups excluding carboxylic acids is 2. The highest BCUT2D eigenvalue weighted by atomic mass is 16.6. The van der Waals surface area contributed by atoms with Gasteiger partial charge in [0.25, 0.3) is 11.4 Å². The SMILES string of the molecule is O=C(COC(=O)c1ccc2c(c1)[C@@H]1C=CC[C@H]1[C@H](c1ccc([N+](=O)[O-])cc1)N2)c1ccc([N+](=O)[O-])cc1. The van der Waals surface area contributed by atoms with E-state index >= 15 is 0 Å². The van der Waals surface area contributed by atoms with Crippen molar-refractivity contribution in [3.05, 3.63) is 121 Å². The zero-order valence-electron chi connectivity index (χ0n) is 19.4. The van der Waals surface area contributed by atoms with Crippen molar-refractivity contribution >= 4 is 28.8 Å². The molecule has 0 radical (unpaired) electrons. The summed E-state index contributed by atoms with van der Waals surface area (Å²) in [4.78, 5) is 45.9. The number of ether oxygens (including phenoxy) is 1. The van der Waals surface area contributed by atoms with Crippen LogP contribution < -0.4 is 5.32 Å². The van der Waals surface area contributed by atoms with Gasteiger partial charge in [-0.15, -0.1) is 0 Å². The molecule has 1 aliphatic heterocycles. The number of fused-ring (bicyclic) bond motifs is 3. The number of carbonyl (C=O) groups is 2. The summed E-state index contributed by atoms with van der Waals surface area (Å²) in [6.45, 7) is -0.486. The molecule has 0 unspecified atom stereocenters. The standard InChI is InChI=1S/C27H21N3O7/c31-25(16-4-9-19(10-5-16)29(33)34)15-37-27(32)18-8-13-24-23(14-18)21-2-1-3-22(21)26(28-24)17-6-11-20(12-7-17)30(35)36/h1-2,4-14,21-22,26,28H,3,15H2/t21-,22-,26+/m1/s1. The van der Waals surface area contributed by atoms with Crippen molar-refractivity contribution < 1.29 is 24.2 Å². The average molecular weight is 499 g/mol. The third kappa shape index (κ3) is 4.68. The van der Waals surface area contributed by atoms with Crippen LogP contribution in [0.4, 0.5) is 17.1 Å². The number of nitrogens with zero attached hydrogens (tertiary/aromatic N) is 2. The Kier molecular flexibility index (Phi) is 6.22. The number of hydrogen-bond donors (Lipinski definition) is 1. The molecule has 0 bridgehead atoms. The van der Waals surface area contributed by atoms with Crippen molar-refractivity contribution in [3.63, 3.8) is 0 Å². The first-order valence-corrected chi connectivity index (χ1v) is 11.6. The number of anilines is 1. The molecule has 10 heteroatoms. The fourth-order valence-electron chi connectivity index (χ4n) is 4.92. The monoisotopic (exact) mass is 499 g/mol. The van der Waals surface area contributed by atoms with Crippen molar-refractivity contribution in [2.75, 3.05) is 11.9 Å². The van der Waals surface area contributed by atoms with E-state index in [9.17, 15) is 29.8 Å². The van der Waals surface area contributed by atoms with Crippen LogP contribution in [0.25, 0.3) is 0 Å². The molecule has 0 fully saturated rings. The molecule has 3 aromatic rings. The lowest BCUT2D eigenvalue weighted by Gasteiger charge is -2.37. The van der Waals surface area contributed by atoms with Gasteiger partial charge < -0.3 is 10.1 Å². The molecule has 1 N–H and O–H groups in total. The molecule has 0 spiro atoms. The van der Waals surface area contributed by atoms with E-state index in [0.29, 0.717) is 5.56 Å². The van der Waals surface area contributed by atoms with Crippen molar-refractivity contribution in [1.82, 2.24) is 0 Å². The van der Waals surface area contributed by atoms with E-state index in [-0.39, 0.29) is 34.8 Å². The summed E-state index contributed by atoms with van der Waals surface area (Å²) < 4.78 is 5.23. The highest BCUT2D eigenvalue weighted by Gasteiger charge is 2.38. The molecule has 2 aliphatic rings.